The van der Waals surface area contributed by atoms with E-state index in [-0.39, 0.29) is 12.2 Å². The zero-order valence-electron chi connectivity index (χ0n) is 6.96. The number of carbonyl (C=O) groups excluding carboxylic acids is 1. The SMILES string of the molecule is CCCC(C)OC(C)C=O. The largest absolute Gasteiger partial charge is 0.368 e. The Morgan fingerprint density at radius 2 is 2.10 bits per heavy atom. The van der Waals surface area contributed by atoms with Crippen LogP contribution in [0.15, 0.2) is 0 Å². The van der Waals surface area contributed by atoms with Crippen LogP contribution in [0.25, 0.3) is 0 Å². The summed E-state index contributed by atoms with van der Waals surface area (Å²) in [6.07, 6.45) is 2.92. The van der Waals surface area contributed by atoms with E-state index in [1.54, 1.807) is 6.92 Å². The van der Waals surface area contributed by atoms with Crippen molar-refractivity contribution in [1.29, 1.82) is 0 Å². The molecule has 0 fully saturated rings. The summed E-state index contributed by atoms with van der Waals surface area (Å²) >= 11 is 0. The first-order valence-corrected chi connectivity index (χ1v) is 3.81. The Labute approximate surface area is 62.6 Å². The summed E-state index contributed by atoms with van der Waals surface area (Å²) in [7, 11) is 0. The Morgan fingerprint density at radius 3 is 2.50 bits per heavy atom. The van der Waals surface area contributed by atoms with Gasteiger partial charge < -0.3 is 9.53 Å². The maximum absolute atomic E-state index is 10.1. The molecular weight excluding hydrogens is 128 g/mol. The van der Waals surface area contributed by atoms with Crippen molar-refractivity contribution in [3.63, 3.8) is 0 Å². The molecule has 0 saturated heterocycles. The third-order valence-corrected chi connectivity index (χ3v) is 1.33. The van der Waals surface area contributed by atoms with E-state index in [0.29, 0.717) is 0 Å². The van der Waals surface area contributed by atoms with Gasteiger partial charge in [-0.3, -0.25) is 0 Å². The fourth-order valence-electron chi connectivity index (χ4n) is 0.873. The molecule has 2 nitrogen and oxygen atoms in total. The van der Waals surface area contributed by atoms with E-state index in [2.05, 4.69) is 6.92 Å². The van der Waals surface area contributed by atoms with E-state index in [1.165, 1.54) is 0 Å². The molecule has 0 aliphatic rings. The van der Waals surface area contributed by atoms with Gasteiger partial charge in [0.15, 0.2) is 0 Å². The normalized spacial score (nSPS) is 16.3. The molecule has 0 saturated carbocycles. The number of hydrogen-bond acceptors (Lipinski definition) is 2. The summed E-state index contributed by atoms with van der Waals surface area (Å²) in [6, 6.07) is 0. The van der Waals surface area contributed by atoms with Gasteiger partial charge in [-0.1, -0.05) is 13.3 Å². The molecule has 0 heterocycles. The molecule has 0 amide bonds. The summed E-state index contributed by atoms with van der Waals surface area (Å²) in [5, 5.41) is 0. The van der Waals surface area contributed by atoms with Crippen LogP contribution in [-0.2, 0) is 9.53 Å². The second-order valence-electron chi connectivity index (χ2n) is 2.58. The van der Waals surface area contributed by atoms with Crippen molar-refractivity contribution in [1.82, 2.24) is 0 Å². The molecule has 0 aromatic carbocycles. The van der Waals surface area contributed by atoms with E-state index in [4.69, 9.17) is 4.74 Å². The average Bonchev–Trinajstić information content (AvgIpc) is 1.88. The Bertz CT molecular complexity index is 91.3. The second-order valence-corrected chi connectivity index (χ2v) is 2.58. The lowest BCUT2D eigenvalue weighted by Crippen LogP contribution is -2.17. The summed E-state index contributed by atoms with van der Waals surface area (Å²) < 4.78 is 5.27. The highest BCUT2D eigenvalue weighted by molar-refractivity contribution is 5.55. The van der Waals surface area contributed by atoms with E-state index in [0.717, 1.165) is 19.1 Å². The average molecular weight is 144 g/mol. The lowest BCUT2D eigenvalue weighted by Gasteiger charge is -2.13. The maximum Gasteiger partial charge on any atom is 0.148 e. The first-order chi connectivity index (χ1) is 4.70. The summed E-state index contributed by atoms with van der Waals surface area (Å²) in [5.74, 6) is 0. The van der Waals surface area contributed by atoms with Crippen LogP contribution in [0.5, 0.6) is 0 Å². The molecule has 0 aromatic heterocycles. The molecule has 60 valence electrons. The van der Waals surface area contributed by atoms with Crippen molar-refractivity contribution >= 4 is 6.29 Å². The molecule has 0 radical (unpaired) electrons. The van der Waals surface area contributed by atoms with E-state index in [9.17, 15) is 4.79 Å². The van der Waals surface area contributed by atoms with Gasteiger partial charge in [-0.15, -0.1) is 0 Å². The van der Waals surface area contributed by atoms with Crippen LogP contribution in [0.1, 0.15) is 33.6 Å². The monoisotopic (exact) mass is 144 g/mol. The Kier molecular flexibility index (Phi) is 5.22. The van der Waals surface area contributed by atoms with Gasteiger partial charge in [0.2, 0.25) is 0 Å². The molecule has 0 aliphatic heterocycles. The van der Waals surface area contributed by atoms with Gasteiger partial charge in [0, 0.05) is 0 Å². The summed E-state index contributed by atoms with van der Waals surface area (Å²) in [4.78, 5) is 10.1. The molecule has 0 rings (SSSR count). The summed E-state index contributed by atoms with van der Waals surface area (Å²) in [6.45, 7) is 5.86. The zero-order chi connectivity index (χ0) is 7.98. The predicted molar refractivity (Wildman–Crippen MR) is 41.0 cm³/mol. The topological polar surface area (TPSA) is 26.3 Å². The van der Waals surface area contributed by atoms with Gasteiger partial charge in [0.05, 0.1) is 6.10 Å². The van der Waals surface area contributed by atoms with Gasteiger partial charge >= 0.3 is 0 Å². The molecule has 0 spiro atoms. The molecule has 0 aromatic rings. The Morgan fingerprint density at radius 1 is 1.50 bits per heavy atom. The van der Waals surface area contributed by atoms with Gasteiger partial charge in [-0.05, 0) is 20.3 Å². The van der Waals surface area contributed by atoms with E-state index >= 15 is 0 Å². The predicted octanol–water partition coefficient (Wildman–Crippen LogP) is 1.78. The highest BCUT2D eigenvalue weighted by Crippen LogP contribution is 2.02. The van der Waals surface area contributed by atoms with Crippen molar-refractivity contribution in [2.75, 3.05) is 0 Å². The zero-order valence-corrected chi connectivity index (χ0v) is 6.96. The third-order valence-electron chi connectivity index (χ3n) is 1.33. The van der Waals surface area contributed by atoms with Crippen LogP contribution in [0.3, 0.4) is 0 Å². The van der Waals surface area contributed by atoms with Crippen LogP contribution in [0, 0.1) is 0 Å². The molecule has 2 unspecified atom stereocenters. The van der Waals surface area contributed by atoms with Gasteiger partial charge in [0.1, 0.15) is 12.4 Å². The number of ether oxygens (including phenoxy) is 1. The van der Waals surface area contributed by atoms with Gasteiger partial charge in [0.25, 0.3) is 0 Å². The van der Waals surface area contributed by atoms with Crippen molar-refractivity contribution in [3.05, 3.63) is 0 Å². The number of carbonyl (C=O) groups is 1. The first kappa shape index (κ1) is 9.63. The Hall–Kier alpha value is -0.370. The first-order valence-electron chi connectivity index (χ1n) is 3.81. The van der Waals surface area contributed by atoms with Crippen molar-refractivity contribution in [3.8, 4) is 0 Å². The molecule has 2 heteroatoms. The number of rotatable bonds is 5. The van der Waals surface area contributed by atoms with Crippen molar-refractivity contribution < 1.29 is 9.53 Å². The van der Waals surface area contributed by atoms with Crippen LogP contribution in [0.2, 0.25) is 0 Å². The van der Waals surface area contributed by atoms with Gasteiger partial charge in [-0.25, -0.2) is 0 Å². The minimum atomic E-state index is -0.249. The second kappa shape index (κ2) is 5.42. The van der Waals surface area contributed by atoms with Crippen molar-refractivity contribution in [2.24, 2.45) is 0 Å². The van der Waals surface area contributed by atoms with E-state index in [1.807, 2.05) is 6.92 Å². The molecule has 0 aliphatic carbocycles. The fraction of sp³-hybridized carbons (Fsp3) is 0.875. The quantitative estimate of drug-likeness (QED) is 0.550. The molecule has 2 atom stereocenters. The van der Waals surface area contributed by atoms with Crippen LogP contribution >= 0.6 is 0 Å². The van der Waals surface area contributed by atoms with Crippen LogP contribution < -0.4 is 0 Å². The highest BCUT2D eigenvalue weighted by Gasteiger charge is 2.04. The smallest absolute Gasteiger partial charge is 0.148 e. The number of hydrogen-bond donors (Lipinski definition) is 0. The third kappa shape index (κ3) is 4.50. The van der Waals surface area contributed by atoms with Crippen molar-refractivity contribution in [2.45, 2.75) is 45.8 Å². The molecule has 10 heavy (non-hydrogen) atoms. The Balaban J connectivity index is 3.36. The fourth-order valence-corrected chi connectivity index (χ4v) is 0.873. The van der Waals surface area contributed by atoms with Crippen LogP contribution in [-0.4, -0.2) is 18.5 Å². The molecule has 0 N–H and O–H groups in total. The minimum absolute atomic E-state index is 0.213. The van der Waals surface area contributed by atoms with Gasteiger partial charge in [-0.2, -0.15) is 0 Å². The summed E-state index contributed by atoms with van der Waals surface area (Å²) in [5.41, 5.74) is 0. The lowest BCUT2D eigenvalue weighted by atomic mass is 10.2. The maximum atomic E-state index is 10.1. The highest BCUT2D eigenvalue weighted by atomic mass is 16.5. The number of aldehydes is 1. The lowest BCUT2D eigenvalue weighted by molar-refractivity contribution is -0.120. The van der Waals surface area contributed by atoms with E-state index < -0.39 is 0 Å². The molecular formula is C8H16O2. The minimum Gasteiger partial charge on any atom is -0.368 e. The standard InChI is InChI=1S/C8H16O2/c1-4-5-7(2)10-8(3)6-9/h6-8H,4-5H2,1-3H3. The molecule has 0 bridgehead atoms. The van der Waals surface area contributed by atoms with Crippen LogP contribution in [0.4, 0.5) is 0 Å².